The fourth-order valence-electron chi connectivity index (χ4n) is 6.38. The minimum Gasteiger partial charge on any atom is -0.478 e. The maximum absolute atomic E-state index is 13.8. The zero-order valence-electron chi connectivity index (χ0n) is 23.7. The Morgan fingerprint density at radius 3 is 2.33 bits per heavy atom. The van der Waals surface area contributed by atoms with Crippen molar-refractivity contribution >= 4 is 35.2 Å². The molecule has 3 N–H and O–H groups in total. The number of carbonyl (C=O) groups excluding carboxylic acids is 2. The van der Waals surface area contributed by atoms with Crippen LogP contribution < -0.4 is 10.6 Å². The minimum absolute atomic E-state index is 0.265. The van der Waals surface area contributed by atoms with Gasteiger partial charge < -0.3 is 20.3 Å². The van der Waals surface area contributed by atoms with Crippen LogP contribution in [0.25, 0.3) is 23.0 Å². The van der Waals surface area contributed by atoms with Crippen molar-refractivity contribution < 1.29 is 19.5 Å². The Balaban J connectivity index is 1.28. The predicted molar refractivity (Wildman–Crippen MR) is 161 cm³/mol. The fraction of sp³-hybridized carbons (Fsp3) is 0.333. The lowest BCUT2D eigenvalue weighted by molar-refractivity contribution is -0.131. The quantitative estimate of drug-likeness (QED) is 0.234. The molecule has 6 rings (SSSR count). The second kappa shape index (κ2) is 11.3. The van der Waals surface area contributed by atoms with E-state index < -0.39 is 11.5 Å². The molecule has 2 aliphatic rings. The van der Waals surface area contributed by atoms with Crippen LogP contribution in [0.2, 0.25) is 0 Å². The lowest BCUT2D eigenvalue weighted by Crippen LogP contribution is -2.61. The van der Waals surface area contributed by atoms with E-state index in [0.29, 0.717) is 35.6 Å². The van der Waals surface area contributed by atoms with Crippen molar-refractivity contribution in [2.24, 2.45) is 7.05 Å². The molecule has 0 radical (unpaired) electrons. The van der Waals surface area contributed by atoms with Gasteiger partial charge in [-0.3, -0.25) is 9.59 Å². The van der Waals surface area contributed by atoms with Gasteiger partial charge in [0.15, 0.2) is 0 Å². The summed E-state index contributed by atoms with van der Waals surface area (Å²) in [6, 6.07) is 17.2. The lowest BCUT2D eigenvalue weighted by atomic mass is 9.75. The number of rotatable bonds is 8. The SMILES string of the molecule is Cn1c(-c2ccccc2)c(C2CCCCC2)n2ncc(C(=O)NC3(C(=O)Nc4ccc(/C=C/C(=O)O)cc4)CCC3)c12. The molecule has 2 fully saturated rings. The molecule has 2 saturated carbocycles. The topological polar surface area (TPSA) is 118 Å². The van der Waals surface area contributed by atoms with Gasteiger partial charge in [0.05, 0.1) is 17.6 Å². The van der Waals surface area contributed by atoms with Crippen LogP contribution in [0.1, 0.15) is 78.9 Å². The molecule has 0 saturated heterocycles. The Labute approximate surface area is 244 Å². The summed E-state index contributed by atoms with van der Waals surface area (Å²) in [5, 5.41) is 19.6. The number of carboxylic acid groups (broad SMARTS) is 1. The second-order valence-electron chi connectivity index (χ2n) is 11.4. The molecule has 4 aromatic rings. The van der Waals surface area contributed by atoms with E-state index in [2.05, 4.69) is 27.3 Å². The number of carboxylic acids is 1. The van der Waals surface area contributed by atoms with Crippen molar-refractivity contribution in [3.8, 4) is 11.3 Å². The van der Waals surface area contributed by atoms with Crippen LogP contribution in [-0.2, 0) is 16.6 Å². The van der Waals surface area contributed by atoms with Crippen molar-refractivity contribution in [2.45, 2.75) is 62.8 Å². The molecule has 9 nitrogen and oxygen atoms in total. The largest absolute Gasteiger partial charge is 0.478 e. The van der Waals surface area contributed by atoms with E-state index in [-0.39, 0.29) is 11.8 Å². The first-order chi connectivity index (χ1) is 20.4. The number of aromatic nitrogens is 3. The van der Waals surface area contributed by atoms with Crippen LogP contribution in [0, 0.1) is 0 Å². The molecule has 9 heteroatoms. The number of aliphatic carboxylic acids is 1. The van der Waals surface area contributed by atoms with E-state index in [1.807, 2.05) is 29.8 Å². The predicted octanol–water partition coefficient (Wildman–Crippen LogP) is 5.78. The van der Waals surface area contributed by atoms with E-state index >= 15 is 0 Å². The van der Waals surface area contributed by atoms with E-state index in [1.165, 1.54) is 25.3 Å². The van der Waals surface area contributed by atoms with Gasteiger partial charge in [0.2, 0.25) is 5.91 Å². The van der Waals surface area contributed by atoms with Crippen molar-refractivity contribution in [3.05, 3.63) is 83.7 Å². The number of aryl methyl sites for hydroxylation is 1. The van der Waals surface area contributed by atoms with Gasteiger partial charge in [-0.1, -0.05) is 61.7 Å². The third-order valence-corrected chi connectivity index (χ3v) is 8.73. The molecule has 2 aromatic carbocycles. The molecule has 2 amide bonds. The Morgan fingerprint density at radius 1 is 0.976 bits per heavy atom. The maximum Gasteiger partial charge on any atom is 0.328 e. The average molecular weight is 566 g/mol. The zero-order chi connectivity index (χ0) is 29.3. The average Bonchev–Trinajstić information content (AvgIpc) is 3.54. The highest BCUT2D eigenvalue weighted by Gasteiger charge is 2.46. The molecule has 2 aromatic heterocycles. The first kappa shape index (κ1) is 27.5. The third kappa shape index (κ3) is 5.11. The highest BCUT2D eigenvalue weighted by molar-refractivity contribution is 6.06. The van der Waals surface area contributed by atoms with Gasteiger partial charge in [-0.15, -0.1) is 0 Å². The Bertz CT molecular complexity index is 1660. The second-order valence-corrected chi connectivity index (χ2v) is 11.4. The fourth-order valence-corrected chi connectivity index (χ4v) is 6.38. The van der Waals surface area contributed by atoms with E-state index in [0.717, 1.165) is 47.9 Å². The number of hydrogen-bond donors (Lipinski definition) is 3. The summed E-state index contributed by atoms with van der Waals surface area (Å²) in [6.45, 7) is 0. The number of carbonyl (C=O) groups is 3. The van der Waals surface area contributed by atoms with Crippen LogP contribution >= 0.6 is 0 Å². The van der Waals surface area contributed by atoms with Gasteiger partial charge >= 0.3 is 5.97 Å². The molecule has 0 atom stereocenters. The number of hydrogen-bond acceptors (Lipinski definition) is 4. The highest BCUT2D eigenvalue weighted by Crippen LogP contribution is 2.40. The Morgan fingerprint density at radius 2 is 1.69 bits per heavy atom. The summed E-state index contributed by atoms with van der Waals surface area (Å²) in [5.74, 6) is -1.24. The van der Waals surface area contributed by atoms with Gasteiger partial charge in [-0.05, 0) is 55.9 Å². The van der Waals surface area contributed by atoms with Gasteiger partial charge in [-0.2, -0.15) is 5.10 Å². The molecular formula is C33H35N5O4. The first-order valence-electron chi connectivity index (χ1n) is 14.6. The van der Waals surface area contributed by atoms with E-state index in [9.17, 15) is 14.4 Å². The molecular weight excluding hydrogens is 530 g/mol. The van der Waals surface area contributed by atoms with Crippen molar-refractivity contribution in [1.29, 1.82) is 0 Å². The zero-order valence-corrected chi connectivity index (χ0v) is 23.7. The van der Waals surface area contributed by atoms with E-state index in [4.69, 9.17) is 10.2 Å². The monoisotopic (exact) mass is 565 g/mol. The molecule has 0 unspecified atom stereocenters. The number of fused-ring (bicyclic) bond motifs is 1. The van der Waals surface area contributed by atoms with Crippen molar-refractivity contribution in [1.82, 2.24) is 19.5 Å². The van der Waals surface area contributed by atoms with Crippen LogP contribution in [-0.4, -0.2) is 42.6 Å². The van der Waals surface area contributed by atoms with Crippen LogP contribution in [0.5, 0.6) is 0 Å². The van der Waals surface area contributed by atoms with Gasteiger partial charge in [0, 0.05) is 30.3 Å². The van der Waals surface area contributed by atoms with Crippen LogP contribution in [0.3, 0.4) is 0 Å². The summed E-state index contributed by atoms with van der Waals surface area (Å²) in [7, 11) is 1.99. The van der Waals surface area contributed by atoms with Gasteiger partial charge in [-0.25, -0.2) is 9.31 Å². The van der Waals surface area contributed by atoms with Gasteiger partial charge in [0.1, 0.15) is 16.7 Å². The standard InChI is InChI=1S/C33H35N5O4/c1-37-28(23-9-4-2-5-10-23)29(24-11-6-3-7-12-24)38-31(37)26(21-34-38)30(41)36-33(19-8-20-33)32(42)35-25-16-13-22(14-17-25)15-18-27(39)40/h2,4-5,9-10,13-18,21,24H,3,6-8,11-12,19-20H2,1H3,(H,35,42)(H,36,41)(H,39,40)/b18-15+. The molecule has 2 aliphatic carbocycles. The molecule has 0 aliphatic heterocycles. The summed E-state index contributed by atoms with van der Waals surface area (Å²) in [6.07, 6.45) is 11.9. The lowest BCUT2D eigenvalue weighted by Gasteiger charge is -2.40. The first-order valence-corrected chi connectivity index (χ1v) is 14.6. The number of nitrogens with zero attached hydrogens (tertiary/aromatic N) is 3. The number of anilines is 1. The Kier molecular flexibility index (Phi) is 7.41. The summed E-state index contributed by atoms with van der Waals surface area (Å²) >= 11 is 0. The maximum atomic E-state index is 13.8. The normalized spacial score (nSPS) is 16.8. The Hall–Kier alpha value is -4.66. The molecule has 216 valence electrons. The summed E-state index contributed by atoms with van der Waals surface area (Å²) in [4.78, 5) is 38.1. The number of benzene rings is 2. The van der Waals surface area contributed by atoms with Crippen molar-refractivity contribution in [3.63, 3.8) is 0 Å². The highest BCUT2D eigenvalue weighted by atomic mass is 16.4. The number of imidazole rings is 1. The summed E-state index contributed by atoms with van der Waals surface area (Å²) in [5.41, 5.74) is 4.78. The number of amides is 2. The molecule has 42 heavy (non-hydrogen) atoms. The van der Waals surface area contributed by atoms with Crippen LogP contribution in [0.4, 0.5) is 5.69 Å². The molecule has 0 bridgehead atoms. The molecule has 2 heterocycles. The summed E-state index contributed by atoms with van der Waals surface area (Å²) < 4.78 is 4.02. The van der Waals surface area contributed by atoms with Crippen molar-refractivity contribution in [2.75, 3.05) is 5.32 Å². The van der Waals surface area contributed by atoms with Crippen LogP contribution in [0.15, 0.2) is 66.9 Å². The minimum atomic E-state index is -1.03. The van der Waals surface area contributed by atoms with Gasteiger partial charge in [0.25, 0.3) is 5.91 Å². The smallest absolute Gasteiger partial charge is 0.328 e. The third-order valence-electron chi connectivity index (χ3n) is 8.73. The van der Waals surface area contributed by atoms with E-state index in [1.54, 1.807) is 30.5 Å². The molecule has 0 spiro atoms. The number of nitrogens with one attached hydrogen (secondary N) is 2.